The van der Waals surface area contributed by atoms with Crippen LogP contribution in [0.15, 0.2) is 66.7 Å². The molecule has 1 saturated heterocycles. The molecule has 0 radical (unpaired) electrons. The molecule has 0 aromatic heterocycles. The van der Waals surface area contributed by atoms with Gasteiger partial charge in [-0.25, -0.2) is 4.79 Å². The number of hydrogen-bond donors (Lipinski definition) is 2. The molecule has 1 aliphatic carbocycles. The smallest absolute Gasteiger partial charge is 0.317 e. The summed E-state index contributed by atoms with van der Waals surface area (Å²) in [5, 5.41) is 6.15. The van der Waals surface area contributed by atoms with E-state index < -0.39 is 0 Å². The molecule has 3 aromatic carbocycles. The van der Waals surface area contributed by atoms with E-state index in [1.54, 1.807) is 36.2 Å². The van der Waals surface area contributed by atoms with Crippen LogP contribution in [0, 0.1) is 0 Å². The van der Waals surface area contributed by atoms with Crippen LogP contribution in [0.3, 0.4) is 0 Å². The maximum absolute atomic E-state index is 13.9. The van der Waals surface area contributed by atoms with Gasteiger partial charge in [-0.1, -0.05) is 49.6 Å². The second-order valence-corrected chi connectivity index (χ2v) is 11.7. The minimum Gasteiger partial charge on any atom is -0.454 e. The number of nitrogens with one attached hydrogen (secondary N) is 2. The number of urea groups is 1. The molecule has 0 spiro atoms. The summed E-state index contributed by atoms with van der Waals surface area (Å²) in [4.78, 5) is 45.7. The Balaban J connectivity index is 1.19. The molecule has 2 heterocycles. The number of benzene rings is 3. The molecular weight excluding hydrogens is 558 g/mol. The number of rotatable bonds is 7. The number of piperazine rings is 1. The van der Waals surface area contributed by atoms with E-state index in [9.17, 15) is 14.4 Å². The number of anilines is 2. The van der Waals surface area contributed by atoms with Crippen LogP contribution in [0.2, 0.25) is 0 Å². The number of ether oxygens (including phenoxy) is 2. The van der Waals surface area contributed by atoms with Crippen LogP contribution in [0.4, 0.5) is 16.2 Å². The zero-order valence-electron chi connectivity index (χ0n) is 25.1. The van der Waals surface area contributed by atoms with E-state index >= 15 is 0 Å². The summed E-state index contributed by atoms with van der Waals surface area (Å²) in [6.07, 6.45) is 5.67. The van der Waals surface area contributed by atoms with Gasteiger partial charge in [0.15, 0.2) is 11.5 Å². The van der Waals surface area contributed by atoms with Gasteiger partial charge in [0.05, 0.1) is 5.56 Å². The quantitative estimate of drug-likeness (QED) is 0.393. The lowest BCUT2D eigenvalue weighted by atomic mass is 9.96. The number of fused-ring (bicyclic) bond motifs is 1. The number of nitrogens with zero attached hydrogens (tertiary/aromatic N) is 3. The molecule has 1 saturated carbocycles. The van der Waals surface area contributed by atoms with Gasteiger partial charge in [0.25, 0.3) is 11.8 Å². The molecule has 2 aliphatic heterocycles. The second-order valence-electron chi connectivity index (χ2n) is 11.7. The molecule has 230 valence electrons. The van der Waals surface area contributed by atoms with Crippen LogP contribution in [-0.2, 0) is 6.54 Å². The van der Waals surface area contributed by atoms with Crippen molar-refractivity contribution in [3.05, 3.63) is 83.4 Å². The third-order valence-corrected chi connectivity index (χ3v) is 8.57. The predicted octanol–water partition coefficient (Wildman–Crippen LogP) is 5.10. The first-order valence-corrected chi connectivity index (χ1v) is 15.4. The Morgan fingerprint density at radius 1 is 0.864 bits per heavy atom. The Labute approximate surface area is 257 Å². The van der Waals surface area contributed by atoms with Crippen molar-refractivity contribution in [3.63, 3.8) is 0 Å². The lowest BCUT2D eigenvalue weighted by Crippen LogP contribution is -2.54. The molecule has 10 heteroatoms. The minimum atomic E-state index is -0.315. The van der Waals surface area contributed by atoms with Crippen LogP contribution < -0.4 is 25.0 Å². The molecule has 0 atom stereocenters. The van der Waals surface area contributed by atoms with Crippen molar-refractivity contribution in [2.75, 3.05) is 50.2 Å². The highest BCUT2D eigenvalue weighted by atomic mass is 16.7. The average molecular weight is 598 g/mol. The summed E-state index contributed by atoms with van der Waals surface area (Å²) >= 11 is 0. The van der Waals surface area contributed by atoms with Gasteiger partial charge >= 0.3 is 6.03 Å². The van der Waals surface area contributed by atoms with Gasteiger partial charge in [-0.05, 0) is 54.8 Å². The second kappa shape index (κ2) is 13.3. The van der Waals surface area contributed by atoms with E-state index in [0.717, 1.165) is 24.1 Å². The summed E-state index contributed by atoms with van der Waals surface area (Å²) in [5.74, 6) is 0.662. The molecule has 44 heavy (non-hydrogen) atoms. The van der Waals surface area contributed by atoms with Crippen molar-refractivity contribution in [1.29, 1.82) is 0 Å². The minimum absolute atomic E-state index is 0.00276. The van der Waals surface area contributed by atoms with E-state index in [4.69, 9.17) is 9.47 Å². The molecule has 0 bridgehead atoms. The number of carbonyl (C=O) groups excluding carboxylic acids is 3. The predicted molar refractivity (Wildman–Crippen MR) is 168 cm³/mol. The van der Waals surface area contributed by atoms with Crippen LogP contribution in [0.25, 0.3) is 0 Å². The number of hydrogen-bond acceptors (Lipinski definition) is 6. The van der Waals surface area contributed by atoms with Gasteiger partial charge in [0.1, 0.15) is 0 Å². The summed E-state index contributed by atoms with van der Waals surface area (Å²) in [6, 6.07) is 20.6. The van der Waals surface area contributed by atoms with Crippen LogP contribution >= 0.6 is 0 Å². The summed E-state index contributed by atoms with van der Waals surface area (Å²) in [6.45, 7) is 2.90. The Hall–Kier alpha value is -4.73. The fraction of sp³-hybridized carbons (Fsp3) is 0.382. The highest BCUT2D eigenvalue weighted by molar-refractivity contribution is 6.06. The Kier molecular flexibility index (Phi) is 8.86. The molecule has 0 unspecified atom stereocenters. The molecule has 2 N–H and O–H groups in total. The topological polar surface area (TPSA) is 103 Å². The molecular formula is C34H39N5O5. The summed E-state index contributed by atoms with van der Waals surface area (Å²) in [7, 11) is 1.78. The normalized spacial score (nSPS) is 16.4. The SMILES string of the molecule is CN(Cc1ccccc1)C(=O)c1cc(NC(=O)c2ccc3c(c2)OCO3)ccc1N1CCN(C(=O)NC2CCCCC2)CC1. The summed E-state index contributed by atoms with van der Waals surface area (Å²) in [5.41, 5.74) is 3.23. The van der Waals surface area contributed by atoms with E-state index in [1.807, 2.05) is 47.4 Å². The zero-order chi connectivity index (χ0) is 30.5. The van der Waals surface area contributed by atoms with Crippen molar-refractivity contribution >= 4 is 29.2 Å². The Bertz CT molecular complexity index is 1500. The third kappa shape index (κ3) is 6.74. The van der Waals surface area contributed by atoms with Crippen LogP contribution in [-0.4, -0.2) is 73.7 Å². The van der Waals surface area contributed by atoms with Gasteiger partial charge in [-0.3, -0.25) is 9.59 Å². The standard InChI is InChI=1S/C34H39N5O5/c1-37(22-24-8-4-2-5-9-24)33(41)28-21-27(35-32(40)25-12-15-30-31(20-25)44-23-43-30)13-14-29(28)38-16-18-39(19-17-38)34(42)36-26-10-6-3-7-11-26/h2,4-5,8-9,12-15,20-21,26H,3,6-7,10-11,16-19,22-23H2,1H3,(H,35,40)(H,36,42). The molecule has 3 aromatic rings. The third-order valence-electron chi connectivity index (χ3n) is 8.57. The van der Waals surface area contributed by atoms with E-state index in [2.05, 4.69) is 15.5 Å². The highest BCUT2D eigenvalue weighted by Crippen LogP contribution is 2.33. The van der Waals surface area contributed by atoms with E-state index in [-0.39, 0.29) is 30.7 Å². The van der Waals surface area contributed by atoms with E-state index in [1.165, 1.54) is 19.3 Å². The maximum Gasteiger partial charge on any atom is 0.317 e. The van der Waals surface area contributed by atoms with Crippen molar-refractivity contribution in [2.24, 2.45) is 0 Å². The first-order chi connectivity index (χ1) is 21.4. The van der Waals surface area contributed by atoms with Gasteiger partial charge < -0.3 is 34.8 Å². The summed E-state index contributed by atoms with van der Waals surface area (Å²) < 4.78 is 10.8. The first kappa shape index (κ1) is 29.3. The largest absolute Gasteiger partial charge is 0.454 e. The van der Waals surface area contributed by atoms with Gasteiger partial charge in [-0.2, -0.15) is 0 Å². The van der Waals surface area contributed by atoms with Crippen molar-refractivity contribution in [1.82, 2.24) is 15.1 Å². The fourth-order valence-corrected chi connectivity index (χ4v) is 6.10. The lowest BCUT2D eigenvalue weighted by Gasteiger charge is -2.38. The van der Waals surface area contributed by atoms with E-state index in [0.29, 0.717) is 61.0 Å². The monoisotopic (exact) mass is 597 g/mol. The molecule has 4 amide bonds. The Morgan fingerprint density at radius 2 is 1.61 bits per heavy atom. The molecule has 10 nitrogen and oxygen atoms in total. The van der Waals surface area contributed by atoms with Gasteiger partial charge in [0, 0.05) is 62.8 Å². The van der Waals surface area contributed by atoms with Gasteiger partial charge in [0.2, 0.25) is 6.79 Å². The molecule has 6 rings (SSSR count). The van der Waals surface area contributed by atoms with Crippen LogP contribution in [0.5, 0.6) is 11.5 Å². The van der Waals surface area contributed by atoms with Crippen LogP contribution in [0.1, 0.15) is 58.4 Å². The highest BCUT2D eigenvalue weighted by Gasteiger charge is 2.27. The van der Waals surface area contributed by atoms with Crippen molar-refractivity contribution in [3.8, 4) is 11.5 Å². The van der Waals surface area contributed by atoms with Crippen molar-refractivity contribution < 1.29 is 23.9 Å². The zero-order valence-corrected chi connectivity index (χ0v) is 25.1. The van der Waals surface area contributed by atoms with Gasteiger partial charge in [-0.15, -0.1) is 0 Å². The number of carbonyl (C=O) groups is 3. The maximum atomic E-state index is 13.9. The lowest BCUT2D eigenvalue weighted by molar-refractivity contribution is 0.0785. The Morgan fingerprint density at radius 3 is 2.39 bits per heavy atom. The molecule has 2 fully saturated rings. The fourth-order valence-electron chi connectivity index (χ4n) is 6.10. The number of amides is 4. The molecule has 3 aliphatic rings. The first-order valence-electron chi connectivity index (χ1n) is 15.4. The average Bonchev–Trinajstić information content (AvgIpc) is 3.54. The van der Waals surface area contributed by atoms with Crippen molar-refractivity contribution in [2.45, 2.75) is 44.7 Å².